The molecule has 0 spiro atoms. The maximum Gasteiger partial charge on any atom is 0.271 e. The van der Waals surface area contributed by atoms with E-state index in [0.29, 0.717) is 11.3 Å². The Balaban J connectivity index is 2.06. The molecule has 0 aliphatic heterocycles. The quantitative estimate of drug-likeness (QED) is 0.501. The van der Waals surface area contributed by atoms with Crippen molar-refractivity contribution in [3.05, 3.63) is 64.0 Å². The minimum atomic E-state index is -0.735. The zero-order valence-electron chi connectivity index (χ0n) is 12.4. The molecule has 0 unspecified atom stereocenters. The van der Waals surface area contributed by atoms with Gasteiger partial charge in [-0.15, -0.1) is 0 Å². The van der Waals surface area contributed by atoms with Gasteiger partial charge in [-0.25, -0.2) is 4.39 Å². The lowest BCUT2D eigenvalue weighted by Gasteiger charge is -2.10. The van der Waals surface area contributed by atoms with Gasteiger partial charge in [0.15, 0.2) is 5.11 Å². The van der Waals surface area contributed by atoms with Crippen molar-refractivity contribution in [3.8, 4) is 5.75 Å². The Morgan fingerprint density at radius 3 is 2.50 bits per heavy atom. The molecule has 2 aromatic rings. The molecule has 7 nitrogen and oxygen atoms in total. The first-order valence-corrected chi connectivity index (χ1v) is 7.02. The van der Waals surface area contributed by atoms with E-state index in [9.17, 15) is 19.3 Å². The van der Waals surface area contributed by atoms with Crippen molar-refractivity contribution in [2.45, 2.75) is 0 Å². The second kappa shape index (κ2) is 7.47. The lowest BCUT2D eigenvalue weighted by molar-refractivity contribution is -0.384. The summed E-state index contributed by atoms with van der Waals surface area (Å²) in [6, 6.07) is 9.22. The molecule has 0 fully saturated rings. The fourth-order valence-corrected chi connectivity index (χ4v) is 2.00. The van der Waals surface area contributed by atoms with Crippen molar-refractivity contribution in [2.75, 3.05) is 12.4 Å². The average molecular weight is 349 g/mol. The van der Waals surface area contributed by atoms with Gasteiger partial charge in [-0.2, -0.15) is 0 Å². The standard InChI is InChI=1S/C15H12FN3O4S/c1-23-11-5-2-9(3-6-11)14(20)18-15(24)17-13-8-10(19(21)22)4-7-12(13)16/h2-8H,1H3,(H2,17,18,20,24). The van der Waals surface area contributed by atoms with Crippen LogP contribution in [0, 0.1) is 15.9 Å². The van der Waals surface area contributed by atoms with E-state index in [1.165, 1.54) is 19.2 Å². The number of nitrogens with one attached hydrogen (secondary N) is 2. The summed E-state index contributed by atoms with van der Waals surface area (Å²) >= 11 is 4.93. The number of non-ortho nitro benzene ring substituents is 1. The fraction of sp³-hybridized carbons (Fsp3) is 0.0667. The molecule has 0 heterocycles. The van der Waals surface area contributed by atoms with E-state index < -0.39 is 16.6 Å². The minimum Gasteiger partial charge on any atom is -0.497 e. The highest BCUT2D eigenvalue weighted by Gasteiger charge is 2.13. The highest BCUT2D eigenvalue weighted by Crippen LogP contribution is 2.21. The third-order valence-corrected chi connectivity index (χ3v) is 3.19. The summed E-state index contributed by atoms with van der Waals surface area (Å²) < 4.78 is 18.7. The third kappa shape index (κ3) is 4.23. The lowest BCUT2D eigenvalue weighted by Crippen LogP contribution is -2.34. The largest absolute Gasteiger partial charge is 0.497 e. The van der Waals surface area contributed by atoms with Crippen LogP contribution in [0.4, 0.5) is 15.8 Å². The Hall–Kier alpha value is -3.07. The number of nitrogens with zero attached hydrogens (tertiary/aromatic N) is 1. The number of carbonyl (C=O) groups excluding carboxylic acids is 1. The Morgan fingerprint density at radius 1 is 1.25 bits per heavy atom. The van der Waals surface area contributed by atoms with Crippen molar-refractivity contribution in [3.63, 3.8) is 0 Å². The Labute approximate surface area is 141 Å². The Bertz CT molecular complexity index is 796. The molecule has 9 heteroatoms. The van der Waals surface area contributed by atoms with E-state index in [1.54, 1.807) is 12.1 Å². The Morgan fingerprint density at radius 2 is 1.92 bits per heavy atom. The molecule has 2 N–H and O–H groups in total. The fourth-order valence-electron chi connectivity index (χ4n) is 1.79. The maximum atomic E-state index is 13.7. The molecule has 24 heavy (non-hydrogen) atoms. The number of nitro benzene ring substituents is 1. The molecule has 0 aliphatic carbocycles. The first-order chi connectivity index (χ1) is 11.4. The summed E-state index contributed by atoms with van der Waals surface area (Å²) in [7, 11) is 1.50. The van der Waals surface area contributed by atoms with Gasteiger partial charge in [0, 0.05) is 17.7 Å². The van der Waals surface area contributed by atoms with Crippen molar-refractivity contribution in [1.29, 1.82) is 0 Å². The van der Waals surface area contributed by atoms with E-state index >= 15 is 0 Å². The summed E-state index contributed by atoms with van der Waals surface area (Å²) in [5, 5.41) is 15.3. The van der Waals surface area contributed by atoms with Crippen molar-refractivity contribution in [2.24, 2.45) is 0 Å². The van der Waals surface area contributed by atoms with Gasteiger partial charge in [0.25, 0.3) is 11.6 Å². The van der Waals surface area contributed by atoms with Crippen LogP contribution in [-0.2, 0) is 0 Å². The van der Waals surface area contributed by atoms with Crippen LogP contribution in [0.3, 0.4) is 0 Å². The molecule has 2 aromatic carbocycles. The monoisotopic (exact) mass is 349 g/mol. The number of nitro groups is 1. The number of benzene rings is 2. The van der Waals surface area contributed by atoms with Crippen molar-refractivity contribution >= 4 is 34.6 Å². The van der Waals surface area contributed by atoms with Crippen LogP contribution in [0.1, 0.15) is 10.4 Å². The van der Waals surface area contributed by atoms with Crippen LogP contribution in [-0.4, -0.2) is 23.1 Å². The molecule has 1 amide bonds. The number of amides is 1. The highest BCUT2D eigenvalue weighted by atomic mass is 32.1. The van der Waals surface area contributed by atoms with Gasteiger partial charge in [-0.3, -0.25) is 20.2 Å². The van der Waals surface area contributed by atoms with Crippen LogP contribution in [0.2, 0.25) is 0 Å². The first-order valence-electron chi connectivity index (χ1n) is 6.61. The SMILES string of the molecule is COc1ccc(C(=O)NC(=S)Nc2cc([N+](=O)[O-])ccc2F)cc1. The van der Waals surface area contributed by atoms with Crippen LogP contribution in [0.15, 0.2) is 42.5 Å². The molecule has 0 saturated heterocycles. The molecule has 0 aromatic heterocycles. The van der Waals surface area contributed by atoms with Crippen molar-refractivity contribution < 1.29 is 18.8 Å². The lowest BCUT2D eigenvalue weighted by atomic mass is 10.2. The number of methoxy groups -OCH3 is 1. The van der Waals surface area contributed by atoms with E-state index in [0.717, 1.165) is 18.2 Å². The predicted octanol–water partition coefficient (Wildman–Crippen LogP) is 2.87. The average Bonchev–Trinajstić information content (AvgIpc) is 2.56. The highest BCUT2D eigenvalue weighted by molar-refractivity contribution is 7.80. The summed E-state index contributed by atoms with van der Waals surface area (Å²) in [4.78, 5) is 22.1. The summed E-state index contributed by atoms with van der Waals surface area (Å²) in [6.45, 7) is 0. The van der Waals surface area contributed by atoms with Crippen molar-refractivity contribution in [1.82, 2.24) is 5.32 Å². The number of thiocarbonyl (C=S) groups is 1. The number of anilines is 1. The predicted molar refractivity (Wildman–Crippen MR) is 89.7 cm³/mol. The summed E-state index contributed by atoms with van der Waals surface area (Å²) in [6.07, 6.45) is 0. The molecule has 0 radical (unpaired) electrons. The van der Waals surface area contributed by atoms with Crippen LogP contribution < -0.4 is 15.4 Å². The Kier molecular flexibility index (Phi) is 5.38. The second-order valence-electron chi connectivity index (χ2n) is 4.56. The molecule has 124 valence electrons. The topological polar surface area (TPSA) is 93.5 Å². The van der Waals surface area contributed by atoms with Crippen LogP contribution in [0.5, 0.6) is 5.75 Å². The second-order valence-corrected chi connectivity index (χ2v) is 4.97. The molecular weight excluding hydrogens is 337 g/mol. The van der Waals surface area contributed by atoms with Gasteiger partial charge in [-0.1, -0.05) is 0 Å². The smallest absolute Gasteiger partial charge is 0.271 e. The van der Waals surface area contributed by atoms with E-state index in [1.807, 2.05) is 0 Å². The molecule has 0 aliphatic rings. The van der Waals surface area contributed by atoms with Crippen LogP contribution in [0.25, 0.3) is 0 Å². The summed E-state index contributed by atoms with van der Waals surface area (Å²) in [5.41, 5.74) is -0.188. The number of hydrogen-bond acceptors (Lipinski definition) is 5. The normalized spacial score (nSPS) is 9.92. The summed E-state index contributed by atoms with van der Waals surface area (Å²) in [5.74, 6) is -0.659. The number of rotatable bonds is 4. The minimum absolute atomic E-state index is 0.185. The van der Waals surface area contributed by atoms with Gasteiger partial charge >= 0.3 is 0 Å². The number of hydrogen-bond donors (Lipinski definition) is 2. The van der Waals surface area contributed by atoms with Gasteiger partial charge in [0.05, 0.1) is 17.7 Å². The van der Waals surface area contributed by atoms with Gasteiger partial charge in [-0.05, 0) is 42.5 Å². The van der Waals surface area contributed by atoms with E-state index in [2.05, 4.69) is 10.6 Å². The molecule has 0 bridgehead atoms. The molecule has 2 rings (SSSR count). The van der Waals surface area contributed by atoms with Gasteiger partial charge in [0.1, 0.15) is 11.6 Å². The van der Waals surface area contributed by atoms with Gasteiger partial charge in [0.2, 0.25) is 0 Å². The zero-order chi connectivity index (χ0) is 17.7. The number of ether oxygens (including phenoxy) is 1. The van der Waals surface area contributed by atoms with E-state index in [4.69, 9.17) is 17.0 Å². The molecule has 0 saturated carbocycles. The number of carbonyl (C=O) groups is 1. The number of halogens is 1. The first kappa shape index (κ1) is 17.3. The third-order valence-electron chi connectivity index (χ3n) is 2.99. The molecular formula is C15H12FN3O4S. The van der Waals surface area contributed by atoms with Gasteiger partial charge < -0.3 is 10.1 Å². The molecule has 0 atom stereocenters. The van der Waals surface area contributed by atoms with Crippen LogP contribution >= 0.6 is 12.2 Å². The maximum absolute atomic E-state index is 13.7. The van der Waals surface area contributed by atoms with E-state index in [-0.39, 0.29) is 16.5 Å². The zero-order valence-corrected chi connectivity index (χ0v) is 13.2.